The summed E-state index contributed by atoms with van der Waals surface area (Å²) < 4.78 is 46.2. The lowest BCUT2D eigenvalue weighted by Gasteiger charge is -2.69. The van der Waals surface area contributed by atoms with Gasteiger partial charge in [-0.3, -0.25) is 14.9 Å². The number of rotatable bonds is 7. The SMILES string of the molecule is NC(=O)c1c(-c2ccc(CC(=O)Nc3cc(C45CC(C(F)(F)F)(C4)C5)no3)cc2)nn(C2CCC2)c1N. The van der Waals surface area contributed by atoms with Gasteiger partial charge in [0.05, 0.1) is 23.6 Å². The lowest BCUT2D eigenvalue weighted by molar-refractivity contribution is -0.338. The highest BCUT2D eigenvalue weighted by molar-refractivity contribution is 6.03. The number of nitrogens with two attached hydrogens (primary N) is 2. The van der Waals surface area contributed by atoms with Crippen molar-refractivity contribution in [3.63, 3.8) is 0 Å². The molecule has 4 aliphatic carbocycles. The molecule has 7 rings (SSSR count). The molecule has 1 aromatic carbocycles. The predicted octanol–water partition coefficient (Wildman–Crippen LogP) is 4.11. The van der Waals surface area contributed by atoms with Crippen molar-refractivity contribution in [2.45, 2.75) is 62.6 Å². The molecule has 12 heteroatoms. The molecule has 37 heavy (non-hydrogen) atoms. The molecule has 0 atom stereocenters. The van der Waals surface area contributed by atoms with Crippen LogP contribution in [0.5, 0.6) is 0 Å². The van der Waals surface area contributed by atoms with Crippen LogP contribution >= 0.6 is 0 Å². The van der Waals surface area contributed by atoms with E-state index in [0.717, 1.165) is 19.3 Å². The van der Waals surface area contributed by atoms with Gasteiger partial charge in [-0.15, -0.1) is 0 Å². The topological polar surface area (TPSA) is 142 Å². The van der Waals surface area contributed by atoms with Crippen molar-refractivity contribution in [3.05, 3.63) is 47.2 Å². The highest BCUT2D eigenvalue weighted by Gasteiger charge is 2.79. The van der Waals surface area contributed by atoms with E-state index in [9.17, 15) is 22.8 Å². The van der Waals surface area contributed by atoms with Gasteiger partial charge >= 0.3 is 6.18 Å². The van der Waals surface area contributed by atoms with E-state index in [2.05, 4.69) is 15.6 Å². The molecule has 0 unspecified atom stereocenters. The maximum Gasteiger partial charge on any atom is 0.394 e. The number of nitrogen functional groups attached to an aromatic ring is 1. The van der Waals surface area contributed by atoms with E-state index in [-0.39, 0.29) is 54.9 Å². The lowest BCUT2D eigenvalue weighted by Crippen LogP contribution is -2.70. The van der Waals surface area contributed by atoms with E-state index >= 15 is 0 Å². The molecular weight excluding hydrogens is 489 g/mol. The number of aromatic nitrogens is 3. The number of alkyl halides is 3. The average molecular weight is 515 g/mol. The minimum Gasteiger partial charge on any atom is -0.383 e. The van der Waals surface area contributed by atoms with Gasteiger partial charge in [-0.05, 0) is 44.1 Å². The summed E-state index contributed by atoms with van der Waals surface area (Å²) in [4.78, 5) is 24.6. The summed E-state index contributed by atoms with van der Waals surface area (Å²) in [7, 11) is 0. The minimum absolute atomic E-state index is 0.0117. The van der Waals surface area contributed by atoms with E-state index in [1.807, 2.05) is 0 Å². The van der Waals surface area contributed by atoms with Crippen molar-refractivity contribution in [2.24, 2.45) is 11.1 Å². The lowest BCUT2D eigenvalue weighted by atomic mass is 9.34. The largest absolute Gasteiger partial charge is 0.394 e. The van der Waals surface area contributed by atoms with Crippen LogP contribution in [0.1, 0.15) is 66.2 Å². The Kier molecular flexibility index (Phi) is 4.99. The van der Waals surface area contributed by atoms with Gasteiger partial charge < -0.3 is 16.0 Å². The zero-order chi connectivity index (χ0) is 26.2. The highest BCUT2D eigenvalue weighted by Crippen LogP contribution is 2.78. The first-order valence-corrected chi connectivity index (χ1v) is 12.1. The predicted molar refractivity (Wildman–Crippen MR) is 126 cm³/mol. The molecule has 2 aromatic heterocycles. The van der Waals surface area contributed by atoms with E-state index in [1.165, 1.54) is 6.07 Å². The molecule has 4 fully saturated rings. The van der Waals surface area contributed by atoms with Gasteiger partial charge in [0.25, 0.3) is 5.91 Å². The van der Waals surface area contributed by atoms with Gasteiger partial charge in [-0.2, -0.15) is 18.3 Å². The van der Waals surface area contributed by atoms with Crippen molar-refractivity contribution in [2.75, 3.05) is 11.1 Å². The summed E-state index contributed by atoms with van der Waals surface area (Å²) in [5, 5.41) is 11.1. The Hall–Kier alpha value is -3.83. The smallest absolute Gasteiger partial charge is 0.383 e. The van der Waals surface area contributed by atoms with Crippen molar-refractivity contribution >= 4 is 23.5 Å². The monoisotopic (exact) mass is 514 g/mol. The number of carbonyl (C=O) groups is 2. The molecule has 2 amide bonds. The Morgan fingerprint density at radius 1 is 1.16 bits per heavy atom. The normalized spacial score (nSPS) is 24.6. The van der Waals surface area contributed by atoms with Crippen molar-refractivity contribution in [3.8, 4) is 11.3 Å². The van der Waals surface area contributed by atoms with Crippen LogP contribution in [0, 0.1) is 5.41 Å². The maximum absolute atomic E-state index is 13.1. The Morgan fingerprint density at radius 3 is 2.41 bits per heavy atom. The molecule has 2 heterocycles. The van der Waals surface area contributed by atoms with Crippen LogP contribution in [0.2, 0.25) is 0 Å². The quantitative estimate of drug-likeness (QED) is 0.433. The summed E-state index contributed by atoms with van der Waals surface area (Å²) in [5.41, 5.74) is 11.9. The van der Waals surface area contributed by atoms with Gasteiger partial charge in [-0.1, -0.05) is 29.4 Å². The van der Waals surface area contributed by atoms with E-state index in [0.29, 0.717) is 22.5 Å². The fourth-order valence-corrected chi connectivity index (χ4v) is 5.89. The molecule has 0 aliphatic heterocycles. The van der Waals surface area contributed by atoms with E-state index in [1.54, 1.807) is 28.9 Å². The van der Waals surface area contributed by atoms with Gasteiger partial charge in [0, 0.05) is 17.0 Å². The molecule has 4 saturated carbocycles. The fraction of sp³-hybridized carbons (Fsp3) is 0.440. The first kappa shape index (κ1) is 23.6. The molecule has 3 aromatic rings. The summed E-state index contributed by atoms with van der Waals surface area (Å²) in [6.07, 6.45) is -1.17. The van der Waals surface area contributed by atoms with Crippen LogP contribution < -0.4 is 16.8 Å². The van der Waals surface area contributed by atoms with Crippen molar-refractivity contribution < 1.29 is 27.3 Å². The Bertz CT molecular complexity index is 1380. The Balaban J connectivity index is 1.10. The number of benzene rings is 1. The van der Waals surface area contributed by atoms with Crippen LogP contribution in [-0.4, -0.2) is 32.9 Å². The molecule has 0 radical (unpaired) electrons. The third kappa shape index (κ3) is 3.60. The molecule has 194 valence electrons. The number of amides is 2. The minimum atomic E-state index is -4.20. The molecule has 0 saturated heterocycles. The second-order valence-corrected chi connectivity index (χ2v) is 10.6. The molecule has 0 spiro atoms. The number of primary amides is 1. The fourth-order valence-electron chi connectivity index (χ4n) is 5.89. The second-order valence-electron chi connectivity index (χ2n) is 10.6. The van der Waals surface area contributed by atoms with Crippen LogP contribution in [0.15, 0.2) is 34.9 Å². The highest BCUT2D eigenvalue weighted by atomic mass is 19.4. The third-order valence-electron chi connectivity index (χ3n) is 8.15. The van der Waals surface area contributed by atoms with E-state index < -0.39 is 22.9 Å². The number of nitrogens with one attached hydrogen (secondary N) is 1. The number of hydrogen-bond donors (Lipinski definition) is 3. The van der Waals surface area contributed by atoms with Crippen LogP contribution in [0.3, 0.4) is 0 Å². The van der Waals surface area contributed by atoms with E-state index in [4.69, 9.17) is 16.0 Å². The zero-order valence-electron chi connectivity index (χ0n) is 19.8. The molecule has 5 N–H and O–H groups in total. The van der Waals surface area contributed by atoms with Crippen LogP contribution in [0.4, 0.5) is 24.9 Å². The average Bonchev–Trinajstić information content (AvgIpc) is 3.29. The number of hydrogen-bond acceptors (Lipinski definition) is 6. The number of nitrogens with zero attached hydrogens (tertiary/aromatic N) is 3. The standard InChI is InChI=1S/C25H25F3N6O3/c26-25(27,28)24-10-23(11-24,12-24)16-9-18(37-33-16)31-17(35)8-13-4-6-14(7-5-13)20-19(22(30)36)21(29)34(32-20)15-2-1-3-15/h4-7,9,15H,1-3,8,10-12,29H2,(H2,30,36)(H,31,35). The molecular formula is C25H25F3N6O3. The first-order valence-electron chi connectivity index (χ1n) is 12.1. The first-order chi connectivity index (χ1) is 17.5. The van der Waals surface area contributed by atoms with Gasteiger partial charge in [0.2, 0.25) is 11.8 Å². The summed E-state index contributed by atoms with van der Waals surface area (Å²) in [5.74, 6) is -0.656. The van der Waals surface area contributed by atoms with Crippen LogP contribution in [0.25, 0.3) is 11.3 Å². The second kappa shape index (κ2) is 7.83. The Morgan fingerprint density at radius 2 is 1.84 bits per heavy atom. The third-order valence-corrected chi connectivity index (χ3v) is 8.15. The van der Waals surface area contributed by atoms with Gasteiger partial charge in [-0.25, -0.2) is 4.68 Å². The zero-order valence-corrected chi connectivity index (χ0v) is 19.8. The Labute approximate surface area is 209 Å². The summed E-state index contributed by atoms with van der Waals surface area (Å²) in [6.45, 7) is 0. The number of carbonyl (C=O) groups excluding carboxylic acids is 2. The van der Waals surface area contributed by atoms with Gasteiger partial charge in [0.15, 0.2) is 0 Å². The molecule has 9 nitrogen and oxygen atoms in total. The maximum atomic E-state index is 13.1. The summed E-state index contributed by atoms with van der Waals surface area (Å²) >= 11 is 0. The van der Waals surface area contributed by atoms with Crippen molar-refractivity contribution in [1.82, 2.24) is 14.9 Å². The summed E-state index contributed by atoms with van der Waals surface area (Å²) in [6, 6.07) is 8.63. The number of halogens is 3. The molecule has 2 bridgehead atoms. The molecule has 4 aliphatic rings. The number of anilines is 2. The van der Waals surface area contributed by atoms with Crippen molar-refractivity contribution in [1.29, 1.82) is 0 Å². The van der Waals surface area contributed by atoms with Crippen LogP contribution in [-0.2, 0) is 16.6 Å². The van der Waals surface area contributed by atoms with Gasteiger partial charge in [0.1, 0.15) is 17.1 Å².